The second-order valence-corrected chi connectivity index (χ2v) is 8.39. The molecule has 2 aliphatic rings. The Hall–Kier alpha value is -2.67. The van der Waals surface area contributed by atoms with Crippen LogP contribution in [0.4, 0.5) is 8.78 Å². The van der Waals surface area contributed by atoms with Gasteiger partial charge < -0.3 is 14.8 Å². The maximum atomic E-state index is 13.1. The van der Waals surface area contributed by atoms with Crippen LogP contribution >= 0.6 is 0 Å². The van der Waals surface area contributed by atoms with Crippen molar-refractivity contribution in [2.75, 3.05) is 20.3 Å². The number of nitrogens with zero attached hydrogens (tertiary/aromatic N) is 1. The van der Waals surface area contributed by atoms with Gasteiger partial charge in [-0.1, -0.05) is 30.3 Å². The summed E-state index contributed by atoms with van der Waals surface area (Å²) in [5.74, 6) is -2.08. The van der Waals surface area contributed by atoms with Crippen LogP contribution in [0.5, 0.6) is 11.5 Å². The van der Waals surface area contributed by atoms with Crippen LogP contribution < -0.4 is 14.8 Å². The molecule has 0 bridgehead atoms. The second kappa shape index (κ2) is 8.83. The molecule has 1 aliphatic heterocycles. The molecule has 1 N–H and O–H groups in total. The smallest absolute Gasteiger partial charge is 0.255 e. The Bertz CT molecular complexity index is 947. The minimum atomic E-state index is -2.58. The lowest BCUT2D eigenvalue weighted by atomic mass is 9.97. The maximum absolute atomic E-state index is 13.1. The van der Waals surface area contributed by atoms with Crippen molar-refractivity contribution in [2.24, 2.45) is 5.92 Å². The predicted molar refractivity (Wildman–Crippen MR) is 113 cm³/mol. The van der Waals surface area contributed by atoms with Crippen molar-refractivity contribution in [2.45, 2.75) is 45.3 Å². The number of carbonyl (C=O) groups excluding carboxylic acids is 1. The number of amides is 1. The first-order chi connectivity index (χ1) is 14.9. The van der Waals surface area contributed by atoms with Crippen molar-refractivity contribution >= 4 is 5.91 Å². The Kier molecular flexibility index (Phi) is 6.14. The Labute approximate surface area is 181 Å². The normalized spacial score (nSPS) is 19.4. The van der Waals surface area contributed by atoms with E-state index in [1.54, 1.807) is 7.11 Å². The molecule has 1 heterocycles. The number of nitrogens with one attached hydrogen (secondary N) is 1. The van der Waals surface area contributed by atoms with E-state index < -0.39 is 11.8 Å². The first-order valence-corrected chi connectivity index (χ1v) is 10.6. The topological polar surface area (TPSA) is 50.8 Å². The fourth-order valence-electron chi connectivity index (χ4n) is 4.02. The van der Waals surface area contributed by atoms with Crippen molar-refractivity contribution in [3.05, 3.63) is 58.7 Å². The molecule has 1 amide bonds. The molecule has 0 aromatic heterocycles. The molecule has 1 fully saturated rings. The molecule has 1 unspecified atom stereocenters. The standard InChI is InChI=1S/C24H28F2N2O3/c1-16(29)27-12-17-3-5-18(6-4-17)13-28-10-9-21-19(14-28)7-8-22(23(21)30-2)31-15-20-11-24(20,25)26/h3-8,20H,9-15H2,1-2H3,(H,27,29). The minimum absolute atomic E-state index is 0.0200. The van der Waals surface area contributed by atoms with E-state index in [0.29, 0.717) is 18.0 Å². The number of hydrogen-bond acceptors (Lipinski definition) is 4. The lowest BCUT2D eigenvalue weighted by Crippen LogP contribution is -2.30. The lowest BCUT2D eigenvalue weighted by molar-refractivity contribution is -0.119. The monoisotopic (exact) mass is 430 g/mol. The predicted octanol–water partition coefficient (Wildman–Crippen LogP) is 3.92. The maximum Gasteiger partial charge on any atom is 0.255 e. The minimum Gasteiger partial charge on any atom is -0.493 e. The van der Waals surface area contributed by atoms with Gasteiger partial charge in [0, 0.05) is 45.1 Å². The van der Waals surface area contributed by atoms with Crippen LogP contribution in [0.3, 0.4) is 0 Å². The van der Waals surface area contributed by atoms with Gasteiger partial charge >= 0.3 is 0 Å². The zero-order valence-corrected chi connectivity index (χ0v) is 17.9. The van der Waals surface area contributed by atoms with Crippen LogP contribution in [0, 0.1) is 5.92 Å². The Morgan fingerprint density at radius 2 is 1.90 bits per heavy atom. The average molecular weight is 430 g/mol. The summed E-state index contributed by atoms with van der Waals surface area (Å²) in [5, 5.41) is 2.80. The zero-order chi connectivity index (χ0) is 22.0. The van der Waals surface area contributed by atoms with E-state index in [9.17, 15) is 13.6 Å². The van der Waals surface area contributed by atoms with Gasteiger partial charge in [0.05, 0.1) is 19.6 Å². The molecular formula is C24H28F2N2O3. The third-order valence-corrected chi connectivity index (χ3v) is 5.96. The molecular weight excluding hydrogens is 402 g/mol. The third-order valence-electron chi connectivity index (χ3n) is 5.96. The van der Waals surface area contributed by atoms with Crippen molar-refractivity contribution in [3.63, 3.8) is 0 Å². The SMILES string of the molecule is COc1c(OCC2CC2(F)F)ccc2c1CCN(Cc1ccc(CNC(C)=O)cc1)C2. The third kappa shape index (κ3) is 5.15. The highest BCUT2D eigenvalue weighted by Gasteiger charge is 2.57. The second-order valence-electron chi connectivity index (χ2n) is 8.39. The number of hydrogen-bond donors (Lipinski definition) is 1. The summed E-state index contributed by atoms with van der Waals surface area (Å²) in [5.41, 5.74) is 4.57. The highest BCUT2D eigenvalue weighted by molar-refractivity contribution is 5.72. The van der Waals surface area contributed by atoms with E-state index >= 15 is 0 Å². The molecule has 0 radical (unpaired) electrons. The highest BCUT2D eigenvalue weighted by Crippen LogP contribution is 2.49. The Morgan fingerprint density at radius 3 is 2.55 bits per heavy atom. The molecule has 31 heavy (non-hydrogen) atoms. The van der Waals surface area contributed by atoms with Crippen LogP contribution in [-0.2, 0) is 30.8 Å². The summed E-state index contributed by atoms with van der Waals surface area (Å²) in [4.78, 5) is 13.4. The first-order valence-electron chi connectivity index (χ1n) is 10.6. The molecule has 1 aliphatic carbocycles. The van der Waals surface area contributed by atoms with E-state index in [1.165, 1.54) is 18.1 Å². The van der Waals surface area contributed by atoms with Gasteiger partial charge in [0.2, 0.25) is 5.91 Å². The Balaban J connectivity index is 1.37. The summed E-state index contributed by atoms with van der Waals surface area (Å²) in [6, 6.07) is 12.1. The van der Waals surface area contributed by atoms with Gasteiger partial charge in [-0.05, 0) is 29.2 Å². The molecule has 1 atom stereocenters. The average Bonchev–Trinajstić information content (AvgIpc) is 3.37. The largest absolute Gasteiger partial charge is 0.493 e. The van der Waals surface area contributed by atoms with Crippen molar-refractivity contribution in [1.29, 1.82) is 0 Å². The van der Waals surface area contributed by atoms with Gasteiger partial charge in [0.25, 0.3) is 5.92 Å². The summed E-state index contributed by atoms with van der Waals surface area (Å²) in [7, 11) is 1.60. The van der Waals surface area contributed by atoms with E-state index in [1.807, 2.05) is 24.3 Å². The van der Waals surface area contributed by atoms with Gasteiger partial charge in [0.15, 0.2) is 11.5 Å². The molecule has 2 aromatic carbocycles. The van der Waals surface area contributed by atoms with E-state index in [0.717, 1.165) is 37.2 Å². The number of alkyl halides is 2. The molecule has 7 heteroatoms. The molecule has 166 valence electrons. The van der Waals surface area contributed by atoms with Gasteiger partial charge in [-0.15, -0.1) is 0 Å². The fraction of sp³-hybridized carbons (Fsp3) is 0.458. The number of benzene rings is 2. The van der Waals surface area contributed by atoms with E-state index in [2.05, 4.69) is 22.3 Å². The lowest BCUT2D eigenvalue weighted by Gasteiger charge is -2.30. The number of ether oxygens (including phenoxy) is 2. The van der Waals surface area contributed by atoms with Gasteiger partial charge in [0.1, 0.15) is 0 Å². The van der Waals surface area contributed by atoms with Crippen LogP contribution in [0.1, 0.15) is 35.6 Å². The zero-order valence-electron chi connectivity index (χ0n) is 17.9. The van der Waals surface area contributed by atoms with Gasteiger partial charge in [-0.3, -0.25) is 9.69 Å². The number of carbonyl (C=O) groups is 1. The quantitative estimate of drug-likeness (QED) is 0.690. The Morgan fingerprint density at radius 1 is 1.19 bits per heavy atom. The van der Waals surface area contributed by atoms with Crippen LogP contribution in [-0.4, -0.2) is 37.0 Å². The van der Waals surface area contributed by atoms with Crippen LogP contribution in [0.25, 0.3) is 0 Å². The van der Waals surface area contributed by atoms with Crippen LogP contribution in [0.2, 0.25) is 0 Å². The summed E-state index contributed by atoms with van der Waals surface area (Å²) >= 11 is 0. The molecule has 1 saturated carbocycles. The first kappa shape index (κ1) is 21.6. The van der Waals surface area contributed by atoms with Gasteiger partial charge in [-0.2, -0.15) is 0 Å². The van der Waals surface area contributed by atoms with Crippen molar-refractivity contribution in [3.8, 4) is 11.5 Å². The van der Waals surface area contributed by atoms with Crippen LogP contribution in [0.15, 0.2) is 36.4 Å². The van der Waals surface area contributed by atoms with Gasteiger partial charge in [-0.25, -0.2) is 8.78 Å². The fourth-order valence-corrected chi connectivity index (χ4v) is 4.02. The molecule has 4 rings (SSSR count). The summed E-state index contributed by atoms with van der Waals surface area (Å²) in [6.45, 7) is 4.57. The summed E-state index contributed by atoms with van der Waals surface area (Å²) < 4.78 is 37.5. The number of halogens is 2. The van der Waals surface area contributed by atoms with Crippen molar-refractivity contribution < 1.29 is 23.0 Å². The number of rotatable bonds is 8. The molecule has 0 saturated heterocycles. The van der Waals surface area contributed by atoms with Crippen molar-refractivity contribution in [1.82, 2.24) is 10.2 Å². The van der Waals surface area contributed by atoms with E-state index in [-0.39, 0.29) is 18.9 Å². The molecule has 2 aromatic rings. The highest BCUT2D eigenvalue weighted by atomic mass is 19.3. The molecule has 5 nitrogen and oxygen atoms in total. The number of fused-ring (bicyclic) bond motifs is 1. The molecule has 0 spiro atoms. The van der Waals surface area contributed by atoms with E-state index in [4.69, 9.17) is 9.47 Å². The number of methoxy groups -OCH3 is 1. The summed E-state index contributed by atoms with van der Waals surface area (Å²) in [6.07, 6.45) is 0.722.